The molecule has 0 saturated heterocycles. The van der Waals surface area contributed by atoms with Gasteiger partial charge in [0, 0.05) is 26.5 Å². The van der Waals surface area contributed by atoms with Crippen molar-refractivity contribution in [3.8, 4) is 0 Å². The molecule has 0 fully saturated rings. The minimum absolute atomic E-state index is 0.00596. The third-order valence-electron chi connectivity index (χ3n) is 11.2. The molecule has 1 amide bonds. The number of unbranched alkanes of at least 4 members (excludes halogenated alkanes) is 23. The smallest absolute Gasteiger partial charge is 0.306 e. The minimum Gasteiger partial charge on any atom is -0.466 e. The fourth-order valence-electron chi connectivity index (χ4n) is 7.32. The lowest BCUT2D eigenvalue weighted by Gasteiger charge is -2.22. The van der Waals surface area contributed by atoms with E-state index < -0.39 is 6.10 Å². The quantitative estimate of drug-likeness (QED) is 0.0485. The van der Waals surface area contributed by atoms with Crippen molar-refractivity contribution in [1.29, 1.82) is 0 Å². The predicted molar refractivity (Wildman–Crippen MR) is 236 cm³/mol. The maximum atomic E-state index is 12.8. The van der Waals surface area contributed by atoms with E-state index in [4.69, 9.17) is 14.2 Å². The largest absolute Gasteiger partial charge is 0.466 e. The number of rotatable bonds is 44. The first-order valence-electron chi connectivity index (χ1n) is 24.3. The van der Waals surface area contributed by atoms with E-state index in [9.17, 15) is 14.4 Å². The summed E-state index contributed by atoms with van der Waals surface area (Å²) in [5, 5.41) is 3.00. The Labute approximate surface area is 347 Å². The highest BCUT2D eigenvalue weighted by atomic mass is 16.5. The summed E-state index contributed by atoms with van der Waals surface area (Å²) in [6.07, 6.45) is 37.2. The van der Waals surface area contributed by atoms with Crippen LogP contribution in [0.2, 0.25) is 0 Å². The van der Waals surface area contributed by atoms with Crippen molar-refractivity contribution in [2.24, 2.45) is 0 Å². The summed E-state index contributed by atoms with van der Waals surface area (Å²) in [6, 6.07) is 0. The molecule has 0 heterocycles. The summed E-state index contributed by atoms with van der Waals surface area (Å²) in [6.45, 7) is 12.9. The first-order valence-corrected chi connectivity index (χ1v) is 24.3. The van der Waals surface area contributed by atoms with Crippen LogP contribution in [0.1, 0.15) is 240 Å². The molecular weight excluding hydrogens is 701 g/mol. The SMILES string of the molecule is CCCCCCCCCOC(=O)CCCCCCCN(CCCCCCCC(=O)OC(CCCCCCC)CCCCCCCC)CCCNC(=O)C(C)OC. The van der Waals surface area contributed by atoms with Crippen molar-refractivity contribution in [3.05, 3.63) is 0 Å². The molecule has 8 heteroatoms. The van der Waals surface area contributed by atoms with Crippen molar-refractivity contribution in [1.82, 2.24) is 10.2 Å². The molecule has 0 aromatic rings. The third-order valence-corrected chi connectivity index (χ3v) is 11.2. The molecule has 2 unspecified atom stereocenters. The van der Waals surface area contributed by atoms with Gasteiger partial charge in [-0.25, -0.2) is 0 Å². The van der Waals surface area contributed by atoms with Crippen molar-refractivity contribution in [2.75, 3.05) is 39.9 Å². The van der Waals surface area contributed by atoms with E-state index in [0.717, 1.165) is 103 Å². The summed E-state index contributed by atoms with van der Waals surface area (Å²) in [7, 11) is 1.56. The van der Waals surface area contributed by atoms with E-state index in [-0.39, 0.29) is 23.9 Å². The zero-order valence-electron chi connectivity index (χ0n) is 37.9. The number of carbonyl (C=O) groups is 3. The molecule has 332 valence electrons. The molecule has 0 rings (SSSR count). The van der Waals surface area contributed by atoms with Crippen LogP contribution < -0.4 is 5.32 Å². The van der Waals surface area contributed by atoms with E-state index in [1.807, 2.05) is 0 Å². The molecule has 0 radical (unpaired) electrons. The lowest BCUT2D eigenvalue weighted by Crippen LogP contribution is -2.36. The van der Waals surface area contributed by atoms with Gasteiger partial charge in [0.25, 0.3) is 0 Å². The number of nitrogens with zero attached hydrogens (tertiary/aromatic N) is 1. The van der Waals surface area contributed by atoms with E-state index in [1.54, 1.807) is 14.0 Å². The maximum Gasteiger partial charge on any atom is 0.306 e. The van der Waals surface area contributed by atoms with Crippen LogP contribution in [0.3, 0.4) is 0 Å². The highest BCUT2D eigenvalue weighted by Gasteiger charge is 2.15. The minimum atomic E-state index is -0.424. The molecule has 0 aromatic heterocycles. The zero-order chi connectivity index (χ0) is 41.2. The summed E-state index contributed by atoms with van der Waals surface area (Å²) in [5.74, 6) is -0.0863. The molecule has 0 bridgehead atoms. The molecule has 0 spiro atoms. The average Bonchev–Trinajstić information content (AvgIpc) is 3.19. The van der Waals surface area contributed by atoms with Crippen LogP contribution >= 0.6 is 0 Å². The predicted octanol–water partition coefficient (Wildman–Crippen LogP) is 12.8. The van der Waals surface area contributed by atoms with Crippen LogP contribution in [0.4, 0.5) is 0 Å². The van der Waals surface area contributed by atoms with Gasteiger partial charge in [-0.05, 0) is 90.8 Å². The van der Waals surface area contributed by atoms with Crippen molar-refractivity contribution < 1.29 is 28.6 Å². The Kier molecular flexibility index (Phi) is 41.6. The van der Waals surface area contributed by atoms with Gasteiger partial charge in [0.2, 0.25) is 5.91 Å². The topological polar surface area (TPSA) is 94.2 Å². The van der Waals surface area contributed by atoms with E-state index in [2.05, 4.69) is 31.0 Å². The fraction of sp³-hybridized carbons (Fsp3) is 0.938. The van der Waals surface area contributed by atoms with Gasteiger partial charge in [0.15, 0.2) is 0 Å². The molecular formula is C48H94N2O6. The maximum absolute atomic E-state index is 12.8. The van der Waals surface area contributed by atoms with Gasteiger partial charge in [-0.1, -0.05) is 156 Å². The van der Waals surface area contributed by atoms with Crippen molar-refractivity contribution in [2.45, 2.75) is 252 Å². The number of hydrogen-bond donors (Lipinski definition) is 1. The lowest BCUT2D eigenvalue weighted by atomic mass is 10.0. The number of ether oxygens (including phenoxy) is 3. The Morgan fingerprint density at radius 3 is 1.41 bits per heavy atom. The number of esters is 2. The molecule has 2 atom stereocenters. The second kappa shape index (κ2) is 42.9. The molecule has 0 aliphatic carbocycles. The van der Waals surface area contributed by atoms with Crippen LogP contribution in [0, 0.1) is 0 Å². The molecule has 0 aliphatic rings. The van der Waals surface area contributed by atoms with Crippen LogP contribution in [0.25, 0.3) is 0 Å². The molecule has 8 nitrogen and oxygen atoms in total. The first-order chi connectivity index (χ1) is 27.4. The van der Waals surface area contributed by atoms with Crippen LogP contribution in [-0.4, -0.2) is 74.8 Å². The Hall–Kier alpha value is -1.67. The Morgan fingerprint density at radius 2 is 0.911 bits per heavy atom. The highest BCUT2D eigenvalue weighted by molar-refractivity contribution is 5.80. The van der Waals surface area contributed by atoms with Gasteiger partial charge < -0.3 is 24.4 Å². The monoisotopic (exact) mass is 795 g/mol. The van der Waals surface area contributed by atoms with Crippen LogP contribution in [0.5, 0.6) is 0 Å². The van der Waals surface area contributed by atoms with E-state index in [1.165, 1.54) is 116 Å². The Morgan fingerprint density at radius 1 is 0.500 bits per heavy atom. The normalized spacial score (nSPS) is 12.5. The molecule has 1 N–H and O–H groups in total. The zero-order valence-corrected chi connectivity index (χ0v) is 37.9. The van der Waals surface area contributed by atoms with Crippen molar-refractivity contribution in [3.63, 3.8) is 0 Å². The van der Waals surface area contributed by atoms with Gasteiger partial charge in [-0.2, -0.15) is 0 Å². The van der Waals surface area contributed by atoms with Gasteiger partial charge in [-0.3, -0.25) is 14.4 Å². The molecule has 0 aliphatic heterocycles. The van der Waals surface area contributed by atoms with Gasteiger partial charge in [0.1, 0.15) is 12.2 Å². The molecule has 56 heavy (non-hydrogen) atoms. The standard InChI is InChI=1S/C48H94N2O6/c1-6-9-12-15-17-26-33-43-55-46(51)37-29-22-18-24-31-40-50(42-34-39-49-48(53)44(4)54-5)41-32-25-19-23-30-38-47(52)56-45(35-27-20-14-11-8-3)36-28-21-16-13-10-7-2/h44-45H,6-43H2,1-5H3,(H,49,53). The summed E-state index contributed by atoms with van der Waals surface area (Å²) in [5.41, 5.74) is 0. The second-order valence-electron chi connectivity index (χ2n) is 16.6. The highest BCUT2D eigenvalue weighted by Crippen LogP contribution is 2.18. The number of methoxy groups -OCH3 is 1. The van der Waals surface area contributed by atoms with E-state index >= 15 is 0 Å². The number of amides is 1. The first kappa shape index (κ1) is 54.3. The number of hydrogen-bond acceptors (Lipinski definition) is 7. The van der Waals surface area contributed by atoms with Crippen LogP contribution in [0.15, 0.2) is 0 Å². The fourth-order valence-corrected chi connectivity index (χ4v) is 7.32. The van der Waals surface area contributed by atoms with Gasteiger partial charge >= 0.3 is 11.9 Å². The van der Waals surface area contributed by atoms with Gasteiger partial charge in [0.05, 0.1) is 6.61 Å². The summed E-state index contributed by atoms with van der Waals surface area (Å²) >= 11 is 0. The number of carbonyl (C=O) groups excluding carboxylic acids is 3. The summed E-state index contributed by atoms with van der Waals surface area (Å²) < 4.78 is 16.6. The Bertz CT molecular complexity index is 871. The summed E-state index contributed by atoms with van der Waals surface area (Å²) in [4.78, 5) is 39.6. The van der Waals surface area contributed by atoms with Crippen LogP contribution in [-0.2, 0) is 28.6 Å². The van der Waals surface area contributed by atoms with Gasteiger partial charge in [-0.15, -0.1) is 0 Å². The molecule has 0 aromatic carbocycles. The van der Waals surface area contributed by atoms with Crippen molar-refractivity contribution >= 4 is 17.8 Å². The second-order valence-corrected chi connectivity index (χ2v) is 16.6. The Balaban J connectivity index is 4.38. The number of nitrogens with one attached hydrogen (secondary N) is 1. The average molecular weight is 795 g/mol. The lowest BCUT2D eigenvalue weighted by molar-refractivity contribution is -0.150. The third kappa shape index (κ3) is 37.9. The van der Waals surface area contributed by atoms with E-state index in [0.29, 0.717) is 26.0 Å². The molecule has 0 saturated carbocycles.